The van der Waals surface area contributed by atoms with Gasteiger partial charge in [-0.25, -0.2) is 0 Å². The van der Waals surface area contributed by atoms with E-state index in [1.165, 1.54) is 0 Å². The minimum Gasteiger partial charge on any atom is -0.384 e. The van der Waals surface area contributed by atoms with Gasteiger partial charge in [-0.2, -0.15) is 0 Å². The smallest absolute Gasteiger partial charge is 0.253 e. The van der Waals surface area contributed by atoms with E-state index in [0.717, 1.165) is 24.2 Å². The molecule has 116 valence electrons. The van der Waals surface area contributed by atoms with Crippen LogP contribution in [0.3, 0.4) is 0 Å². The molecule has 21 heavy (non-hydrogen) atoms. The summed E-state index contributed by atoms with van der Waals surface area (Å²) in [5, 5.41) is 8.63. The van der Waals surface area contributed by atoms with Crippen LogP contribution >= 0.6 is 0 Å². The van der Waals surface area contributed by atoms with Gasteiger partial charge in [0.25, 0.3) is 5.91 Å². The molecule has 0 radical (unpaired) electrons. The molecule has 0 saturated carbocycles. The number of carbonyl (C=O) groups is 2. The molecule has 0 unspecified atom stereocenters. The average molecular weight is 291 g/mol. The Balaban J connectivity index is 2.70. The molecule has 1 aromatic carbocycles. The molecule has 0 aromatic heterocycles. The lowest BCUT2D eigenvalue weighted by Crippen LogP contribution is -2.40. The van der Waals surface area contributed by atoms with Crippen molar-refractivity contribution in [3.8, 4) is 0 Å². The highest BCUT2D eigenvalue weighted by Gasteiger charge is 2.12. The molecule has 0 saturated heterocycles. The molecular formula is C16H25N3O2. The Morgan fingerprint density at radius 3 is 2.57 bits per heavy atom. The van der Waals surface area contributed by atoms with Crippen molar-refractivity contribution in [3.63, 3.8) is 0 Å². The van der Waals surface area contributed by atoms with E-state index in [2.05, 4.69) is 22.9 Å². The van der Waals surface area contributed by atoms with Gasteiger partial charge in [0.15, 0.2) is 0 Å². The zero-order chi connectivity index (χ0) is 15.8. The molecule has 0 fully saturated rings. The number of nitrogens with one attached hydrogen (secondary N) is 3. The van der Waals surface area contributed by atoms with E-state index in [4.69, 9.17) is 0 Å². The van der Waals surface area contributed by atoms with Gasteiger partial charge in [0.05, 0.1) is 12.1 Å². The number of hydrogen-bond donors (Lipinski definition) is 3. The molecule has 5 nitrogen and oxygen atoms in total. The fourth-order valence-electron chi connectivity index (χ4n) is 1.89. The zero-order valence-electron chi connectivity index (χ0n) is 13.2. The van der Waals surface area contributed by atoms with Gasteiger partial charge in [0, 0.05) is 18.3 Å². The standard InChI is InChI=1S/C16H25N3O2/c1-5-8-17-14-9-12(4)6-7-13(14)16(21)18-10-15(20)19-11(2)3/h6-7,9,11,17H,5,8,10H2,1-4H3,(H,18,21)(H,19,20). The number of benzene rings is 1. The topological polar surface area (TPSA) is 70.2 Å². The minimum absolute atomic E-state index is 0.0158. The van der Waals surface area contributed by atoms with Crippen molar-refractivity contribution in [1.29, 1.82) is 0 Å². The second-order valence-electron chi connectivity index (χ2n) is 5.38. The number of amides is 2. The van der Waals surface area contributed by atoms with Crippen LogP contribution in [-0.2, 0) is 4.79 Å². The summed E-state index contributed by atoms with van der Waals surface area (Å²) >= 11 is 0. The molecule has 0 atom stereocenters. The van der Waals surface area contributed by atoms with E-state index in [1.54, 1.807) is 6.07 Å². The second-order valence-corrected chi connectivity index (χ2v) is 5.38. The van der Waals surface area contributed by atoms with Gasteiger partial charge in [0.2, 0.25) is 5.91 Å². The third kappa shape index (κ3) is 5.85. The summed E-state index contributed by atoms with van der Waals surface area (Å²) in [5.41, 5.74) is 2.45. The lowest BCUT2D eigenvalue weighted by molar-refractivity contribution is -0.120. The third-order valence-electron chi connectivity index (χ3n) is 2.84. The van der Waals surface area contributed by atoms with Gasteiger partial charge in [-0.1, -0.05) is 13.0 Å². The monoisotopic (exact) mass is 291 g/mol. The van der Waals surface area contributed by atoms with Crippen molar-refractivity contribution in [2.75, 3.05) is 18.4 Å². The largest absolute Gasteiger partial charge is 0.384 e. The SMILES string of the molecule is CCCNc1cc(C)ccc1C(=O)NCC(=O)NC(C)C. The van der Waals surface area contributed by atoms with Crippen LogP contribution in [0.1, 0.15) is 43.1 Å². The van der Waals surface area contributed by atoms with Crippen LogP contribution in [0.2, 0.25) is 0 Å². The van der Waals surface area contributed by atoms with E-state index in [1.807, 2.05) is 32.9 Å². The summed E-state index contributed by atoms with van der Waals surface area (Å²) in [6, 6.07) is 5.68. The molecule has 3 N–H and O–H groups in total. The fraction of sp³-hybridized carbons (Fsp3) is 0.500. The third-order valence-corrected chi connectivity index (χ3v) is 2.84. The van der Waals surface area contributed by atoms with Gasteiger partial charge in [-0.15, -0.1) is 0 Å². The highest BCUT2D eigenvalue weighted by molar-refractivity contribution is 6.01. The molecule has 0 aliphatic carbocycles. The first kappa shape index (κ1) is 17.0. The normalized spacial score (nSPS) is 10.3. The number of rotatable bonds is 7. The first-order chi connectivity index (χ1) is 9.93. The molecule has 5 heteroatoms. The van der Waals surface area contributed by atoms with Crippen LogP contribution in [-0.4, -0.2) is 30.9 Å². The molecule has 0 spiro atoms. The lowest BCUT2D eigenvalue weighted by Gasteiger charge is -2.13. The summed E-state index contributed by atoms with van der Waals surface area (Å²) in [5.74, 6) is -0.430. The molecule has 0 aliphatic rings. The molecule has 2 amide bonds. The predicted molar refractivity (Wildman–Crippen MR) is 85.6 cm³/mol. The molecule has 1 rings (SSSR count). The van der Waals surface area contributed by atoms with E-state index < -0.39 is 0 Å². The van der Waals surface area contributed by atoms with Gasteiger partial charge in [0.1, 0.15) is 0 Å². The number of anilines is 1. The van der Waals surface area contributed by atoms with Crippen LogP contribution in [0.25, 0.3) is 0 Å². The Kier molecular flexibility index (Phi) is 6.72. The maximum absolute atomic E-state index is 12.2. The fourth-order valence-corrected chi connectivity index (χ4v) is 1.89. The Hall–Kier alpha value is -2.04. The van der Waals surface area contributed by atoms with E-state index in [0.29, 0.717) is 5.56 Å². The van der Waals surface area contributed by atoms with Gasteiger partial charge < -0.3 is 16.0 Å². The van der Waals surface area contributed by atoms with Crippen molar-refractivity contribution in [1.82, 2.24) is 10.6 Å². The van der Waals surface area contributed by atoms with Crippen LogP contribution in [0, 0.1) is 6.92 Å². The zero-order valence-corrected chi connectivity index (χ0v) is 13.2. The molecule has 0 bridgehead atoms. The molecule has 1 aromatic rings. The van der Waals surface area contributed by atoms with E-state index in [9.17, 15) is 9.59 Å². The van der Waals surface area contributed by atoms with Crippen molar-refractivity contribution in [2.45, 2.75) is 40.2 Å². The quantitative estimate of drug-likeness (QED) is 0.720. The van der Waals surface area contributed by atoms with Crippen LogP contribution in [0.15, 0.2) is 18.2 Å². The summed E-state index contributed by atoms with van der Waals surface area (Å²) in [7, 11) is 0. The summed E-state index contributed by atoms with van der Waals surface area (Å²) < 4.78 is 0. The Bertz CT molecular complexity index is 498. The number of hydrogen-bond acceptors (Lipinski definition) is 3. The summed E-state index contributed by atoms with van der Waals surface area (Å²) in [6.07, 6.45) is 0.978. The number of carbonyl (C=O) groups excluding carboxylic acids is 2. The molecular weight excluding hydrogens is 266 g/mol. The highest BCUT2D eigenvalue weighted by atomic mass is 16.2. The Morgan fingerprint density at radius 2 is 1.95 bits per heavy atom. The van der Waals surface area contributed by atoms with Gasteiger partial charge >= 0.3 is 0 Å². The Morgan fingerprint density at radius 1 is 1.24 bits per heavy atom. The predicted octanol–water partition coefficient (Wildman–Crippen LogP) is 2.07. The Labute approximate surface area is 126 Å². The van der Waals surface area contributed by atoms with Crippen LogP contribution in [0.4, 0.5) is 5.69 Å². The van der Waals surface area contributed by atoms with Crippen molar-refractivity contribution >= 4 is 17.5 Å². The van der Waals surface area contributed by atoms with Crippen LogP contribution in [0.5, 0.6) is 0 Å². The van der Waals surface area contributed by atoms with Gasteiger partial charge in [-0.3, -0.25) is 9.59 Å². The van der Waals surface area contributed by atoms with E-state index >= 15 is 0 Å². The first-order valence-electron chi connectivity index (χ1n) is 7.36. The second kappa shape index (κ2) is 8.29. The first-order valence-corrected chi connectivity index (χ1v) is 7.36. The maximum atomic E-state index is 12.2. The summed E-state index contributed by atoms with van der Waals surface area (Å²) in [6.45, 7) is 8.60. The lowest BCUT2D eigenvalue weighted by atomic mass is 10.1. The minimum atomic E-state index is -0.243. The number of aryl methyl sites for hydroxylation is 1. The summed E-state index contributed by atoms with van der Waals surface area (Å²) in [4.78, 5) is 23.8. The van der Waals surface area contributed by atoms with Crippen molar-refractivity contribution in [2.24, 2.45) is 0 Å². The molecule has 0 aliphatic heterocycles. The maximum Gasteiger partial charge on any atom is 0.253 e. The van der Waals surface area contributed by atoms with Crippen LogP contribution < -0.4 is 16.0 Å². The van der Waals surface area contributed by atoms with Crippen molar-refractivity contribution in [3.05, 3.63) is 29.3 Å². The van der Waals surface area contributed by atoms with E-state index in [-0.39, 0.29) is 24.4 Å². The van der Waals surface area contributed by atoms with Gasteiger partial charge in [-0.05, 0) is 44.9 Å². The highest BCUT2D eigenvalue weighted by Crippen LogP contribution is 2.17. The average Bonchev–Trinajstić information content (AvgIpc) is 2.42. The molecule has 0 heterocycles. The van der Waals surface area contributed by atoms with Crippen molar-refractivity contribution < 1.29 is 9.59 Å².